The maximum atomic E-state index is 14.0. The van der Waals surface area contributed by atoms with Gasteiger partial charge in [-0.2, -0.15) is 0 Å². The standard InChI is InChI=1S/C16H17BrFN/c1-3-19(16-7-5-4-6-14(16)18)15-9-8-12(2)10-13(15)11-17/h4-10H,3,11H2,1-2H3. The zero-order valence-electron chi connectivity index (χ0n) is 11.2. The molecule has 0 N–H and O–H groups in total. The molecule has 0 aliphatic heterocycles. The molecule has 0 heterocycles. The first-order valence-corrected chi connectivity index (χ1v) is 7.47. The lowest BCUT2D eigenvalue weighted by atomic mass is 10.1. The molecule has 3 heteroatoms. The van der Waals surface area contributed by atoms with E-state index in [1.807, 2.05) is 24.0 Å². The van der Waals surface area contributed by atoms with Crippen LogP contribution in [0.4, 0.5) is 15.8 Å². The summed E-state index contributed by atoms with van der Waals surface area (Å²) in [4.78, 5) is 2.01. The number of nitrogens with zero attached hydrogens (tertiary/aromatic N) is 1. The fraction of sp³-hybridized carbons (Fsp3) is 0.250. The highest BCUT2D eigenvalue weighted by atomic mass is 79.9. The molecule has 0 bridgehead atoms. The molecule has 0 saturated carbocycles. The minimum absolute atomic E-state index is 0.189. The van der Waals surface area contributed by atoms with E-state index in [2.05, 4.69) is 41.1 Å². The zero-order valence-corrected chi connectivity index (χ0v) is 12.7. The molecule has 0 atom stereocenters. The number of para-hydroxylation sites is 1. The molecular weight excluding hydrogens is 305 g/mol. The molecule has 0 unspecified atom stereocenters. The van der Waals surface area contributed by atoms with E-state index < -0.39 is 0 Å². The van der Waals surface area contributed by atoms with Crippen LogP contribution in [0, 0.1) is 12.7 Å². The number of hydrogen-bond acceptors (Lipinski definition) is 1. The van der Waals surface area contributed by atoms with E-state index in [0.717, 1.165) is 17.6 Å². The van der Waals surface area contributed by atoms with Crippen molar-refractivity contribution in [3.05, 3.63) is 59.4 Å². The van der Waals surface area contributed by atoms with E-state index in [-0.39, 0.29) is 5.82 Å². The maximum Gasteiger partial charge on any atom is 0.146 e. The summed E-state index contributed by atoms with van der Waals surface area (Å²) in [5.74, 6) is -0.189. The first-order chi connectivity index (χ1) is 9.17. The lowest BCUT2D eigenvalue weighted by molar-refractivity contribution is 0.625. The molecule has 0 saturated heterocycles. The van der Waals surface area contributed by atoms with Gasteiger partial charge in [-0.25, -0.2) is 4.39 Å². The van der Waals surface area contributed by atoms with Gasteiger partial charge in [-0.3, -0.25) is 0 Å². The number of alkyl halides is 1. The van der Waals surface area contributed by atoms with Crippen molar-refractivity contribution in [2.24, 2.45) is 0 Å². The Morgan fingerprint density at radius 2 is 1.84 bits per heavy atom. The molecule has 2 aromatic carbocycles. The second kappa shape index (κ2) is 6.20. The van der Waals surface area contributed by atoms with Gasteiger partial charge in [-0.15, -0.1) is 0 Å². The van der Waals surface area contributed by atoms with Crippen LogP contribution in [0.2, 0.25) is 0 Å². The van der Waals surface area contributed by atoms with Crippen molar-refractivity contribution in [3.63, 3.8) is 0 Å². The molecular formula is C16H17BrFN. The van der Waals surface area contributed by atoms with Gasteiger partial charge in [-0.1, -0.05) is 45.8 Å². The first-order valence-electron chi connectivity index (χ1n) is 6.35. The van der Waals surface area contributed by atoms with Gasteiger partial charge in [0.15, 0.2) is 0 Å². The second-order valence-corrected chi connectivity index (χ2v) is 5.02. The molecule has 0 radical (unpaired) electrons. The van der Waals surface area contributed by atoms with Crippen molar-refractivity contribution < 1.29 is 4.39 Å². The number of benzene rings is 2. The van der Waals surface area contributed by atoms with Crippen molar-refractivity contribution in [3.8, 4) is 0 Å². The molecule has 1 nitrogen and oxygen atoms in total. The van der Waals surface area contributed by atoms with Crippen molar-refractivity contribution in [2.45, 2.75) is 19.2 Å². The van der Waals surface area contributed by atoms with Crippen LogP contribution in [-0.4, -0.2) is 6.54 Å². The van der Waals surface area contributed by atoms with Gasteiger partial charge in [0.05, 0.1) is 5.69 Å². The average Bonchev–Trinajstić information content (AvgIpc) is 2.43. The first kappa shape index (κ1) is 14.1. The van der Waals surface area contributed by atoms with Gasteiger partial charge >= 0.3 is 0 Å². The molecule has 100 valence electrons. The summed E-state index contributed by atoms with van der Waals surface area (Å²) in [6.45, 7) is 4.82. The van der Waals surface area contributed by atoms with E-state index in [9.17, 15) is 4.39 Å². The Balaban J connectivity index is 2.51. The quantitative estimate of drug-likeness (QED) is 0.701. The Morgan fingerprint density at radius 3 is 2.47 bits per heavy atom. The predicted octanol–water partition coefficient (Wildman–Crippen LogP) is 5.19. The Morgan fingerprint density at radius 1 is 1.11 bits per heavy atom. The number of rotatable bonds is 4. The van der Waals surface area contributed by atoms with Crippen LogP contribution in [0.25, 0.3) is 0 Å². The molecule has 2 aromatic rings. The van der Waals surface area contributed by atoms with Crippen LogP contribution >= 0.6 is 15.9 Å². The highest BCUT2D eigenvalue weighted by Gasteiger charge is 2.14. The van der Waals surface area contributed by atoms with Gasteiger partial charge in [0.25, 0.3) is 0 Å². The smallest absolute Gasteiger partial charge is 0.146 e. The summed E-state index contributed by atoms with van der Waals surface area (Å²) in [7, 11) is 0. The summed E-state index contributed by atoms with van der Waals surface area (Å²) >= 11 is 3.51. The van der Waals surface area contributed by atoms with E-state index in [1.165, 1.54) is 17.2 Å². The molecule has 19 heavy (non-hydrogen) atoms. The van der Waals surface area contributed by atoms with Crippen LogP contribution in [0.5, 0.6) is 0 Å². The lowest BCUT2D eigenvalue weighted by Crippen LogP contribution is -2.18. The van der Waals surface area contributed by atoms with E-state index in [4.69, 9.17) is 0 Å². The molecule has 0 aromatic heterocycles. The third-order valence-electron chi connectivity index (χ3n) is 3.13. The van der Waals surface area contributed by atoms with Crippen molar-refractivity contribution in [2.75, 3.05) is 11.4 Å². The minimum Gasteiger partial charge on any atom is -0.339 e. The summed E-state index contributed by atoms with van der Waals surface area (Å²) in [5, 5.41) is 0.759. The third-order valence-corrected chi connectivity index (χ3v) is 3.73. The lowest BCUT2D eigenvalue weighted by Gasteiger charge is -2.26. The molecule has 0 fully saturated rings. The predicted molar refractivity (Wildman–Crippen MR) is 82.9 cm³/mol. The second-order valence-electron chi connectivity index (χ2n) is 4.46. The number of halogens is 2. The average molecular weight is 322 g/mol. The number of anilines is 2. The molecule has 2 rings (SSSR count). The van der Waals surface area contributed by atoms with Gasteiger partial charge in [0.2, 0.25) is 0 Å². The molecule has 0 aliphatic rings. The van der Waals surface area contributed by atoms with Crippen LogP contribution in [0.15, 0.2) is 42.5 Å². The van der Waals surface area contributed by atoms with Gasteiger partial charge < -0.3 is 4.90 Å². The van der Waals surface area contributed by atoms with Gasteiger partial charge in [-0.05, 0) is 37.6 Å². The molecule has 0 amide bonds. The Bertz CT molecular complexity index is 568. The van der Waals surface area contributed by atoms with Crippen molar-refractivity contribution >= 4 is 27.3 Å². The fourth-order valence-corrected chi connectivity index (χ4v) is 2.67. The summed E-state index contributed by atoms with van der Waals surface area (Å²) in [6.07, 6.45) is 0. The van der Waals surface area contributed by atoms with Crippen LogP contribution in [0.1, 0.15) is 18.1 Å². The maximum absolute atomic E-state index is 14.0. The van der Waals surface area contributed by atoms with E-state index in [0.29, 0.717) is 5.69 Å². The van der Waals surface area contributed by atoms with Crippen molar-refractivity contribution in [1.82, 2.24) is 0 Å². The Kier molecular flexibility index (Phi) is 4.59. The Labute approximate surface area is 122 Å². The third kappa shape index (κ3) is 2.98. The zero-order chi connectivity index (χ0) is 13.8. The molecule has 0 spiro atoms. The topological polar surface area (TPSA) is 3.24 Å². The highest BCUT2D eigenvalue weighted by molar-refractivity contribution is 9.08. The number of hydrogen-bond donors (Lipinski definition) is 0. The normalized spacial score (nSPS) is 10.5. The number of aryl methyl sites for hydroxylation is 1. The van der Waals surface area contributed by atoms with Crippen LogP contribution < -0.4 is 4.90 Å². The van der Waals surface area contributed by atoms with Crippen LogP contribution in [0.3, 0.4) is 0 Å². The monoisotopic (exact) mass is 321 g/mol. The van der Waals surface area contributed by atoms with Gasteiger partial charge in [0, 0.05) is 17.6 Å². The summed E-state index contributed by atoms with van der Waals surface area (Å²) < 4.78 is 14.0. The van der Waals surface area contributed by atoms with Gasteiger partial charge in [0.1, 0.15) is 5.82 Å². The van der Waals surface area contributed by atoms with E-state index >= 15 is 0 Å². The molecule has 0 aliphatic carbocycles. The summed E-state index contributed by atoms with van der Waals surface area (Å²) in [5.41, 5.74) is 4.05. The Hall–Kier alpha value is -1.35. The minimum atomic E-state index is -0.189. The fourth-order valence-electron chi connectivity index (χ4n) is 2.23. The van der Waals surface area contributed by atoms with E-state index in [1.54, 1.807) is 6.07 Å². The van der Waals surface area contributed by atoms with Crippen molar-refractivity contribution in [1.29, 1.82) is 0 Å². The summed E-state index contributed by atoms with van der Waals surface area (Å²) in [6, 6.07) is 13.1. The SMILES string of the molecule is CCN(c1ccccc1F)c1ccc(C)cc1CBr. The van der Waals surface area contributed by atoms with Crippen LogP contribution in [-0.2, 0) is 5.33 Å². The highest BCUT2D eigenvalue weighted by Crippen LogP contribution is 2.31. The largest absolute Gasteiger partial charge is 0.339 e.